The summed E-state index contributed by atoms with van der Waals surface area (Å²) in [6.45, 7) is 2.54. The van der Waals surface area contributed by atoms with Crippen LogP contribution in [0.25, 0.3) is 11.0 Å². The predicted molar refractivity (Wildman–Crippen MR) is 64.0 cm³/mol. The van der Waals surface area contributed by atoms with Gasteiger partial charge in [-0.05, 0) is 18.6 Å². The molecule has 0 fully saturated rings. The zero-order valence-corrected chi connectivity index (χ0v) is 9.95. The number of furan rings is 1. The van der Waals surface area contributed by atoms with Gasteiger partial charge in [-0.25, -0.2) is 4.79 Å². The lowest BCUT2D eigenvalue weighted by atomic mass is 10.2. The number of carboxylic acid groups (broad SMARTS) is 1. The summed E-state index contributed by atoms with van der Waals surface area (Å²) in [5.41, 5.74) is 0.456. The molecule has 1 aromatic carbocycles. The van der Waals surface area contributed by atoms with Crippen molar-refractivity contribution in [2.75, 3.05) is 6.61 Å². The molecule has 0 saturated heterocycles. The highest BCUT2D eigenvalue weighted by atomic mass is 35.5. The van der Waals surface area contributed by atoms with Gasteiger partial charge in [0.15, 0.2) is 0 Å². The Hall–Kier alpha value is -1.68. The maximum absolute atomic E-state index is 10.8. The van der Waals surface area contributed by atoms with Crippen molar-refractivity contribution < 1.29 is 19.1 Å². The van der Waals surface area contributed by atoms with Crippen LogP contribution < -0.4 is 4.74 Å². The molecule has 4 nitrogen and oxygen atoms in total. The maximum atomic E-state index is 10.8. The van der Waals surface area contributed by atoms with Gasteiger partial charge in [0.2, 0.25) is 5.76 Å². The van der Waals surface area contributed by atoms with Crippen LogP contribution in [0.15, 0.2) is 22.6 Å². The predicted octanol–water partition coefficient (Wildman–Crippen LogP) is 3.57. The molecule has 17 heavy (non-hydrogen) atoms. The number of fused-ring (bicyclic) bond motifs is 1. The van der Waals surface area contributed by atoms with E-state index in [1.54, 1.807) is 12.1 Å². The van der Waals surface area contributed by atoms with E-state index < -0.39 is 5.97 Å². The second-order valence-electron chi connectivity index (χ2n) is 3.58. The minimum atomic E-state index is -1.10. The average molecular weight is 255 g/mol. The minimum absolute atomic E-state index is 0.108. The summed E-state index contributed by atoms with van der Waals surface area (Å²) in [7, 11) is 0. The van der Waals surface area contributed by atoms with Gasteiger partial charge in [0.25, 0.3) is 0 Å². The molecule has 1 aromatic heterocycles. The van der Waals surface area contributed by atoms with E-state index in [4.69, 9.17) is 25.9 Å². The molecule has 2 rings (SSSR count). The van der Waals surface area contributed by atoms with Crippen LogP contribution in [0.5, 0.6) is 5.75 Å². The Morgan fingerprint density at radius 2 is 2.24 bits per heavy atom. The summed E-state index contributed by atoms with van der Waals surface area (Å²) in [5.74, 6) is -0.704. The lowest BCUT2D eigenvalue weighted by Crippen LogP contribution is -1.95. The summed E-state index contributed by atoms with van der Waals surface area (Å²) in [5, 5.41) is 9.91. The van der Waals surface area contributed by atoms with Crippen molar-refractivity contribution in [3.8, 4) is 5.75 Å². The number of hydrogen-bond acceptors (Lipinski definition) is 3. The first-order valence-electron chi connectivity index (χ1n) is 5.21. The number of rotatable bonds is 4. The van der Waals surface area contributed by atoms with E-state index in [2.05, 4.69) is 0 Å². The molecule has 0 aliphatic heterocycles. The van der Waals surface area contributed by atoms with Crippen LogP contribution in [0.3, 0.4) is 0 Å². The van der Waals surface area contributed by atoms with E-state index in [-0.39, 0.29) is 5.76 Å². The van der Waals surface area contributed by atoms with Crippen LogP contribution in [0.1, 0.15) is 23.9 Å². The largest absolute Gasteiger partial charge is 0.492 e. The van der Waals surface area contributed by atoms with Gasteiger partial charge < -0.3 is 14.3 Å². The average Bonchev–Trinajstić information content (AvgIpc) is 2.68. The van der Waals surface area contributed by atoms with Crippen LogP contribution >= 0.6 is 11.6 Å². The summed E-state index contributed by atoms with van der Waals surface area (Å²) >= 11 is 6.01. The van der Waals surface area contributed by atoms with E-state index in [0.29, 0.717) is 28.3 Å². The molecular weight excluding hydrogens is 244 g/mol. The first kappa shape index (κ1) is 11.8. The fraction of sp³-hybridized carbons (Fsp3) is 0.250. The van der Waals surface area contributed by atoms with Crippen molar-refractivity contribution in [3.63, 3.8) is 0 Å². The molecule has 0 unspecified atom stereocenters. The Morgan fingerprint density at radius 3 is 2.88 bits per heavy atom. The second-order valence-corrected chi connectivity index (χ2v) is 3.99. The van der Waals surface area contributed by atoms with Gasteiger partial charge >= 0.3 is 5.97 Å². The second kappa shape index (κ2) is 4.67. The van der Waals surface area contributed by atoms with Crippen LogP contribution in [0.2, 0.25) is 5.02 Å². The number of hydrogen-bond donors (Lipinski definition) is 1. The number of carbonyl (C=O) groups is 1. The van der Waals surface area contributed by atoms with Crippen LogP contribution in [-0.2, 0) is 0 Å². The van der Waals surface area contributed by atoms with Crippen molar-refractivity contribution >= 4 is 28.5 Å². The lowest BCUT2D eigenvalue weighted by molar-refractivity contribution is 0.0665. The molecule has 1 N–H and O–H groups in total. The Bertz CT molecular complexity index is 559. The third-order valence-corrected chi connectivity index (χ3v) is 2.54. The highest BCUT2D eigenvalue weighted by Crippen LogP contribution is 2.32. The molecule has 2 aromatic rings. The molecule has 5 heteroatoms. The third-order valence-electron chi connectivity index (χ3n) is 2.24. The van der Waals surface area contributed by atoms with Gasteiger partial charge in [-0.1, -0.05) is 18.5 Å². The summed E-state index contributed by atoms with van der Waals surface area (Å²) in [4.78, 5) is 10.8. The van der Waals surface area contributed by atoms with Gasteiger partial charge in [-0.2, -0.15) is 0 Å². The Labute approximate surface area is 103 Å². The fourth-order valence-corrected chi connectivity index (χ4v) is 1.70. The van der Waals surface area contributed by atoms with E-state index in [9.17, 15) is 4.79 Å². The monoisotopic (exact) mass is 254 g/mol. The normalized spacial score (nSPS) is 10.7. The van der Waals surface area contributed by atoms with Gasteiger partial charge in [-0.3, -0.25) is 0 Å². The number of aromatic carboxylic acids is 1. The molecule has 0 amide bonds. The number of benzene rings is 1. The van der Waals surface area contributed by atoms with Crippen LogP contribution in [-0.4, -0.2) is 17.7 Å². The third kappa shape index (κ3) is 2.36. The van der Waals surface area contributed by atoms with Crippen molar-refractivity contribution in [2.24, 2.45) is 0 Å². The van der Waals surface area contributed by atoms with Gasteiger partial charge in [0, 0.05) is 11.5 Å². The molecule has 0 spiro atoms. The smallest absolute Gasteiger partial charge is 0.371 e. The maximum Gasteiger partial charge on any atom is 0.371 e. The molecule has 0 radical (unpaired) electrons. The van der Waals surface area contributed by atoms with E-state index in [0.717, 1.165) is 6.42 Å². The minimum Gasteiger partial charge on any atom is -0.492 e. The lowest BCUT2D eigenvalue weighted by Gasteiger charge is -2.05. The number of halogens is 1. The van der Waals surface area contributed by atoms with Gasteiger partial charge in [0.1, 0.15) is 11.3 Å². The standard InChI is InChI=1S/C12H11ClO4/c1-2-3-16-10-6-9-7(4-8(10)13)5-11(17-9)12(14)15/h4-6H,2-3H2,1H3,(H,14,15). The molecule has 0 bridgehead atoms. The quantitative estimate of drug-likeness (QED) is 0.906. The SMILES string of the molecule is CCCOc1cc2oc(C(=O)O)cc2cc1Cl. The van der Waals surface area contributed by atoms with Gasteiger partial charge in [-0.15, -0.1) is 0 Å². The molecule has 1 heterocycles. The van der Waals surface area contributed by atoms with E-state index in [1.807, 2.05) is 6.92 Å². The highest BCUT2D eigenvalue weighted by Gasteiger charge is 2.13. The van der Waals surface area contributed by atoms with E-state index >= 15 is 0 Å². The van der Waals surface area contributed by atoms with E-state index in [1.165, 1.54) is 6.07 Å². The summed E-state index contributed by atoms with van der Waals surface area (Å²) in [6.07, 6.45) is 0.868. The number of carboxylic acids is 1. The first-order chi connectivity index (χ1) is 8.11. The zero-order chi connectivity index (χ0) is 12.4. The van der Waals surface area contributed by atoms with Crippen molar-refractivity contribution in [1.29, 1.82) is 0 Å². The Kier molecular flexibility index (Phi) is 3.24. The molecular formula is C12H11ClO4. The molecule has 90 valence electrons. The van der Waals surface area contributed by atoms with Crippen molar-refractivity contribution in [1.82, 2.24) is 0 Å². The molecule has 0 aliphatic rings. The van der Waals surface area contributed by atoms with Crippen LogP contribution in [0, 0.1) is 0 Å². The van der Waals surface area contributed by atoms with Gasteiger partial charge in [0.05, 0.1) is 11.6 Å². The summed E-state index contributed by atoms with van der Waals surface area (Å²) in [6, 6.07) is 4.69. The fourth-order valence-electron chi connectivity index (χ4n) is 1.47. The Balaban J connectivity index is 2.44. The molecule has 0 saturated carbocycles. The van der Waals surface area contributed by atoms with Crippen LogP contribution in [0.4, 0.5) is 0 Å². The Morgan fingerprint density at radius 1 is 1.47 bits per heavy atom. The molecule has 0 atom stereocenters. The van der Waals surface area contributed by atoms with Crippen molar-refractivity contribution in [2.45, 2.75) is 13.3 Å². The van der Waals surface area contributed by atoms with Crippen molar-refractivity contribution in [3.05, 3.63) is 29.0 Å². The zero-order valence-electron chi connectivity index (χ0n) is 9.20. The first-order valence-corrected chi connectivity index (χ1v) is 5.58. The summed E-state index contributed by atoms with van der Waals surface area (Å²) < 4.78 is 10.6. The number of ether oxygens (including phenoxy) is 1. The highest BCUT2D eigenvalue weighted by molar-refractivity contribution is 6.32. The molecule has 0 aliphatic carbocycles. The topological polar surface area (TPSA) is 59.7 Å².